The van der Waals surface area contributed by atoms with Crippen LogP contribution in [0.15, 0.2) is 0 Å². The zero-order chi connectivity index (χ0) is 18.5. The molecule has 0 heterocycles. The van der Waals surface area contributed by atoms with Gasteiger partial charge in [-0.05, 0) is 93.8 Å². The molecule has 2 bridgehead atoms. The van der Waals surface area contributed by atoms with Crippen LogP contribution in [0, 0.1) is 33.5 Å². The molecular formula is C25H43N. The molecule has 4 rings (SSSR count). The Morgan fingerprint density at radius 2 is 1.35 bits per heavy atom. The average molecular weight is 358 g/mol. The van der Waals surface area contributed by atoms with E-state index in [0.717, 1.165) is 11.3 Å². The van der Waals surface area contributed by atoms with E-state index in [1.807, 2.05) is 0 Å². The molecule has 4 aliphatic carbocycles. The van der Waals surface area contributed by atoms with Crippen molar-refractivity contribution in [2.75, 3.05) is 0 Å². The van der Waals surface area contributed by atoms with E-state index in [4.69, 9.17) is 0 Å². The second-order valence-electron chi connectivity index (χ2n) is 10.4. The smallest absolute Gasteiger partial charge is 0.0689 e. The minimum atomic E-state index is 0.0368. The zero-order valence-corrected chi connectivity index (χ0v) is 17.8. The molecule has 0 amide bonds. The summed E-state index contributed by atoms with van der Waals surface area (Å²) in [5.74, 6) is 0.934. The van der Waals surface area contributed by atoms with Crippen molar-refractivity contribution in [1.29, 1.82) is 5.26 Å². The largest absolute Gasteiger partial charge is 0.198 e. The highest BCUT2D eigenvalue weighted by Crippen LogP contribution is 2.64. The number of nitriles is 1. The summed E-state index contributed by atoms with van der Waals surface area (Å²) in [4.78, 5) is 0. The molecule has 0 spiro atoms. The van der Waals surface area contributed by atoms with Crippen molar-refractivity contribution in [1.82, 2.24) is 0 Å². The third-order valence-electron chi connectivity index (χ3n) is 9.08. The van der Waals surface area contributed by atoms with Gasteiger partial charge in [0.05, 0.1) is 11.5 Å². The third-order valence-corrected chi connectivity index (χ3v) is 9.08. The van der Waals surface area contributed by atoms with Crippen molar-refractivity contribution in [3.8, 4) is 6.07 Å². The lowest BCUT2D eigenvalue weighted by Crippen LogP contribution is -2.47. The summed E-state index contributed by atoms with van der Waals surface area (Å²) in [5, 5.41) is 9.89. The maximum absolute atomic E-state index is 9.89. The predicted octanol–water partition coefficient (Wildman–Crippen LogP) is 8.19. The van der Waals surface area contributed by atoms with Gasteiger partial charge >= 0.3 is 0 Å². The summed E-state index contributed by atoms with van der Waals surface area (Å²) < 4.78 is 0. The van der Waals surface area contributed by atoms with Crippen LogP contribution in [0.2, 0.25) is 0 Å². The molecule has 1 heteroatoms. The first kappa shape index (κ1) is 20.2. The minimum absolute atomic E-state index is 0.0368. The lowest BCUT2D eigenvalue weighted by molar-refractivity contribution is -0.0689. The topological polar surface area (TPSA) is 23.8 Å². The first-order valence-corrected chi connectivity index (χ1v) is 12.0. The molecule has 4 saturated carbocycles. The molecule has 0 aromatic heterocycles. The Morgan fingerprint density at radius 1 is 0.731 bits per heavy atom. The summed E-state index contributed by atoms with van der Waals surface area (Å²) in [7, 11) is 0. The van der Waals surface area contributed by atoms with Crippen molar-refractivity contribution >= 4 is 0 Å². The fraction of sp³-hybridized carbons (Fsp3) is 0.960. The van der Waals surface area contributed by atoms with Gasteiger partial charge in [0.25, 0.3) is 0 Å². The molecule has 0 N–H and O–H groups in total. The maximum atomic E-state index is 9.89. The normalized spacial score (nSPS) is 39.7. The van der Waals surface area contributed by atoms with Gasteiger partial charge in [-0.15, -0.1) is 0 Å². The monoisotopic (exact) mass is 357 g/mol. The number of nitrogens with zero attached hydrogens (tertiary/aromatic N) is 1. The Hall–Kier alpha value is -0.510. The highest BCUT2D eigenvalue weighted by molar-refractivity contribution is 5.07. The molecule has 0 aliphatic heterocycles. The van der Waals surface area contributed by atoms with Crippen molar-refractivity contribution < 1.29 is 0 Å². The number of fused-ring (bicyclic) bond motifs is 3. The fourth-order valence-corrected chi connectivity index (χ4v) is 6.92. The van der Waals surface area contributed by atoms with E-state index < -0.39 is 0 Å². The Labute approximate surface area is 163 Å². The van der Waals surface area contributed by atoms with Crippen molar-refractivity contribution in [2.24, 2.45) is 22.2 Å². The quantitative estimate of drug-likeness (QED) is 0.381. The predicted molar refractivity (Wildman–Crippen MR) is 111 cm³/mol. The van der Waals surface area contributed by atoms with Crippen LogP contribution in [0.1, 0.15) is 129 Å². The van der Waals surface area contributed by atoms with E-state index in [2.05, 4.69) is 19.9 Å². The van der Waals surface area contributed by atoms with Crippen LogP contribution in [0.25, 0.3) is 0 Å². The molecule has 0 aromatic rings. The number of hydrogen-bond acceptors (Lipinski definition) is 1. The van der Waals surface area contributed by atoms with E-state index in [1.165, 1.54) is 116 Å². The summed E-state index contributed by atoms with van der Waals surface area (Å²) >= 11 is 0. The summed E-state index contributed by atoms with van der Waals surface area (Å²) in [5.41, 5.74) is 1.45. The van der Waals surface area contributed by atoms with Crippen LogP contribution >= 0.6 is 0 Å². The van der Waals surface area contributed by atoms with Gasteiger partial charge in [-0.2, -0.15) is 5.26 Å². The summed E-state index contributed by atoms with van der Waals surface area (Å²) in [6, 6.07) is 2.79. The molecule has 0 unspecified atom stereocenters. The van der Waals surface area contributed by atoms with Gasteiger partial charge in [0, 0.05) is 0 Å². The van der Waals surface area contributed by atoms with Crippen LogP contribution in [-0.2, 0) is 0 Å². The number of hydrogen-bond donors (Lipinski definition) is 0. The Balaban J connectivity index is 1.52. The molecule has 0 atom stereocenters. The highest BCUT2D eigenvalue weighted by Gasteiger charge is 2.52. The first-order chi connectivity index (χ1) is 12.6. The van der Waals surface area contributed by atoms with E-state index in [1.54, 1.807) is 0 Å². The van der Waals surface area contributed by atoms with Crippen LogP contribution < -0.4 is 0 Å². The summed E-state index contributed by atoms with van der Waals surface area (Å²) in [6.45, 7) is 4.62. The van der Waals surface area contributed by atoms with Crippen LogP contribution in [0.4, 0.5) is 0 Å². The van der Waals surface area contributed by atoms with E-state index in [-0.39, 0.29) is 5.41 Å². The lowest BCUT2D eigenvalue weighted by atomic mass is 9.47. The van der Waals surface area contributed by atoms with Crippen molar-refractivity contribution in [3.05, 3.63) is 0 Å². The van der Waals surface area contributed by atoms with Crippen molar-refractivity contribution in [2.45, 2.75) is 129 Å². The lowest BCUT2D eigenvalue weighted by Gasteiger charge is -2.58. The van der Waals surface area contributed by atoms with Crippen LogP contribution in [-0.4, -0.2) is 0 Å². The van der Waals surface area contributed by atoms with Gasteiger partial charge in [0.1, 0.15) is 0 Å². The molecule has 0 saturated heterocycles. The van der Waals surface area contributed by atoms with E-state index >= 15 is 0 Å². The SMILES string of the molecule is CCCCCCC1(C#N)CCC(C23CCC(CCCC)(CC2)CC3)CC1. The maximum Gasteiger partial charge on any atom is 0.0689 e. The third kappa shape index (κ3) is 4.15. The van der Waals surface area contributed by atoms with Gasteiger partial charge < -0.3 is 0 Å². The highest BCUT2D eigenvalue weighted by atomic mass is 14.6. The average Bonchev–Trinajstić information content (AvgIpc) is 2.71. The van der Waals surface area contributed by atoms with Gasteiger partial charge in [-0.25, -0.2) is 0 Å². The second kappa shape index (κ2) is 8.67. The molecular weight excluding hydrogens is 314 g/mol. The molecule has 0 aromatic carbocycles. The van der Waals surface area contributed by atoms with Crippen LogP contribution in [0.5, 0.6) is 0 Å². The molecule has 26 heavy (non-hydrogen) atoms. The van der Waals surface area contributed by atoms with E-state index in [0.29, 0.717) is 5.41 Å². The van der Waals surface area contributed by atoms with Gasteiger partial charge in [0.2, 0.25) is 0 Å². The molecule has 4 aliphatic rings. The molecule has 148 valence electrons. The van der Waals surface area contributed by atoms with Crippen LogP contribution in [0.3, 0.4) is 0 Å². The summed E-state index contributed by atoms with van der Waals surface area (Å²) in [6.07, 6.45) is 24.9. The van der Waals surface area contributed by atoms with E-state index in [9.17, 15) is 5.26 Å². The van der Waals surface area contributed by atoms with Gasteiger partial charge in [-0.3, -0.25) is 0 Å². The molecule has 0 radical (unpaired) electrons. The Bertz CT molecular complexity index is 452. The Morgan fingerprint density at radius 3 is 1.88 bits per heavy atom. The second-order valence-corrected chi connectivity index (χ2v) is 10.4. The minimum Gasteiger partial charge on any atom is -0.198 e. The molecule has 4 fully saturated rings. The zero-order valence-electron chi connectivity index (χ0n) is 17.8. The van der Waals surface area contributed by atoms with Gasteiger partial charge in [0.15, 0.2) is 0 Å². The number of unbranched alkanes of at least 4 members (excludes halogenated alkanes) is 4. The van der Waals surface area contributed by atoms with Crippen molar-refractivity contribution in [3.63, 3.8) is 0 Å². The fourth-order valence-electron chi connectivity index (χ4n) is 6.92. The first-order valence-electron chi connectivity index (χ1n) is 12.0. The number of rotatable bonds is 9. The Kier molecular flexibility index (Phi) is 6.74. The molecule has 1 nitrogen and oxygen atoms in total. The standard InChI is InChI=1S/C25H43N/c1-3-5-7-8-12-24(21-26)13-9-22(10-14-24)25-18-15-23(16-19-25,17-20-25)11-6-4-2/h22H,3-20H2,1-2H3. The van der Waals surface area contributed by atoms with Gasteiger partial charge in [-0.1, -0.05) is 52.4 Å².